The Morgan fingerprint density at radius 3 is 2.74 bits per heavy atom. The number of rotatable bonds is 5. The lowest BCUT2D eigenvalue weighted by Gasteiger charge is -2.08. The van der Waals surface area contributed by atoms with Gasteiger partial charge in [-0.25, -0.2) is 0 Å². The highest BCUT2D eigenvalue weighted by Gasteiger charge is 2.35. The molecule has 0 amide bonds. The SMILES string of the molecule is COC(c1noc(Cc2ccc(O)cc2)n1)C1CC1. The van der Waals surface area contributed by atoms with Gasteiger partial charge in [0.1, 0.15) is 11.9 Å². The van der Waals surface area contributed by atoms with Gasteiger partial charge in [-0.3, -0.25) is 0 Å². The molecular weight excluding hydrogens is 244 g/mol. The van der Waals surface area contributed by atoms with Crippen molar-refractivity contribution in [1.82, 2.24) is 10.1 Å². The first kappa shape index (κ1) is 12.2. The van der Waals surface area contributed by atoms with Crippen LogP contribution in [-0.2, 0) is 11.2 Å². The second-order valence-corrected chi connectivity index (χ2v) is 4.88. The molecule has 1 unspecified atom stereocenters. The van der Waals surface area contributed by atoms with Gasteiger partial charge < -0.3 is 14.4 Å². The van der Waals surface area contributed by atoms with Gasteiger partial charge in [0, 0.05) is 7.11 Å². The van der Waals surface area contributed by atoms with Crippen molar-refractivity contribution in [3.8, 4) is 5.75 Å². The second kappa shape index (κ2) is 5.01. The van der Waals surface area contributed by atoms with Crippen LogP contribution in [0.25, 0.3) is 0 Å². The third-order valence-corrected chi connectivity index (χ3v) is 3.33. The van der Waals surface area contributed by atoms with Crippen molar-refractivity contribution in [3.63, 3.8) is 0 Å². The molecule has 1 aliphatic carbocycles. The third-order valence-electron chi connectivity index (χ3n) is 3.33. The lowest BCUT2D eigenvalue weighted by Crippen LogP contribution is -2.05. The van der Waals surface area contributed by atoms with Gasteiger partial charge in [-0.15, -0.1) is 0 Å². The fourth-order valence-electron chi connectivity index (χ4n) is 2.15. The van der Waals surface area contributed by atoms with Gasteiger partial charge in [-0.2, -0.15) is 4.98 Å². The molecule has 1 aromatic carbocycles. The summed E-state index contributed by atoms with van der Waals surface area (Å²) in [6, 6.07) is 6.98. The normalized spacial score (nSPS) is 16.5. The van der Waals surface area contributed by atoms with Gasteiger partial charge in [0.2, 0.25) is 11.7 Å². The topological polar surface area (TPSA) is 68.4 Å². The summed E-state index contributed by atoms with van der Waals surface area (Å²) in [5, 5.41) is 13.2. The van der Waals surface area contributed by atoms with E-state index in [9.17, 15) is 5.11 Å². The lowest BCUT2D eigenvalue weighted by molar-refractivity contribution is 0.0751. The van der Waals surface area contributed by atoms with Crippen molar-refractivity contribution in [1.29, 1.82) is 0 Å². The standard InChI is InChI=1S/C14H16N2O3/c1-18-13(10-4-5-10)14-15-12(19-16-14)8-9-2-6-11(17)7-3-9/h2-3,6-7,10,13,17H,4-5,8H2,1H3. The minimum atomic E-state index is -0.0442. The summed E-state index contributed by atoms with van der Waals surface area (Å²) in [7, 11) is 1.68. The lowest BCUT2D eigenvalue weighted by atomic mass is 10.1. The zero-order chi connectivity index (χ0) is 13.2. The number of phenols is 1. The molecule has 5 nitrogen and oxygen atoms in total. The first-order valence-corrected chi connectivity index (χ1v) is 6.39. The van der Waals surface area contributed by atoms with Crippen LogP contribution in [0, 0.1) is 5.92 Å². The number of phenolic OH excluding ortho intramolecular Hbond substituents is 1. The number of hydrogen-bond donors (Lipinski definition) is 1. The summed E-state index contributed by atoms with van der Waals surface area (Å²) in [5.41, 5.74) is 1.02. The number of methoxy groups -OCH3 is 1. The minimum absolute atomic E-state index is 0.0442. The second-order valence-electron chi connectivity index (χ2n) is 4.88. The molecule has 1 atom stereocenters. The van der Waals surface area contributed by atoms with E-state index in [1.807, 2.05) is 12.1 Å². The number of benzene rings is 1. The third kappa shape index (κ3) is 2.76. The molecule has 1 fully saturated rings. The van der Waals surface area contributed by atoms with E-state index in [1.165, 1.54) is 12.8 Å². The van der Waals surface area contributed by atoms with Gasteiger partial charge in [0.15, 0.2) is 0 Å². The van der Waals surface area contributed by atoms with E-state index in [1.54, 1.807) is 19.2 Å². The summed E-state index contributed by atoms with van der Waals surface area (Å²) in [6.45, 7) is 0. The number of hydrogen-bond acceptors (Lipinski definition) is 5. The van der Waals surface area contributed by atoms with Gasteiger partial charge in [-0.1, -0.05) is 17.3 Å². The van der Waals surface area contributed by atoms with E-state index in [0.29, 0.717) is 24.1 Å². The minimum Gasteiger partial charge on any atom is -0.508 e. The molecule has 1 aliphatic rings. The molecule has 0 aliphatic heterocycles. The van der Waals surface area contributed by atoms with Gasteiger partial charge in [0.25, 0.3) is 0 Å². The van der Waals surface area contributed by atoms with Crippen LogP contribution >= 0.6 is 0 Å². The average molecular weight is 260 g/mol. The van der Waals surface area contributed by atoms with E-state index in [-0.39, 0.29) is 11.9 Å². The molecule has 0 bridgehead atoms. The number of nitrogens with zero attached hydrogens (tertiary/aromatic N) is 2. The van der Waals surface area contributed by atoms with Crippen molar-refractivity contribution < 1.29 is 14.4 Å². The molecular formula is C14H16N2O3. The molecule has 1 saturated carbocycles. The molecule has 3 rings (SSSR count). The fourth-order valence-corrected chi connectivity index (χ4v) is 2.15. The van der Waals surface area contributed by atoms with Crippen LogP contribution in [0.1, 0.15) is 36.2 Å². The number of aromatic hydroxyl groups is 1. The van der Waals surface area contributed by atoms with Crippen molar-refractivity contribution in [3.05, 3.63) is 41.5 Å². The Kier molecular flexibility index (Phi) is 3.21. The summed E-state index contributed by atoms with van der Waals surface area (Å²) in [5.74, 6) is 1.99. The number of aromatic nitrogens is 2. The predicted molar refractivity (Wildman–Crippen MR) is 67.7 cm³/mol. The molecule has 1 heterocycles. The molecule has 1 aromatic heterocycles. The van der Waals surface area contributed by atoms with Crippen LogP contribution in [0.5, 0.6) is 5.75 Å². The molecule has 0 spiro atoms. The van der Waals surface area contributed by atoms with Gasteiger partial charge in [0.05, 0.1) is 6.42 Å². The summed E-state index contributed by atoms with van der Waals surface area (Å²) < 4.78 is 10.7. The average Bonchev–Trinajstić information content (AvgIpc) is 3.14. The molecule has 0 radical (unpaired) electrons. The highest BCUT2D eigenvalue weighted by atomic mass is 16.5. The van der Waals surface area contributed by atoms with E-state index in [0.717, 1.165) is 5.56 Å². The Morgan fingerprint density at radius 2 is 2.11 bits per heavy atom. The maximum atomic E-state index is 9.23. The number of ether oxygens (including phenoxy) is 1. The molecule has 0 saturated heterocycles. The van der Waals surface area contributed by atoms with Crippen LogP contribution in [-0.4, -0.2) is 22.4 Å². The van der Waals surface area contributed by atoms with E-state index >= 15 is 0 Å². The first-order valence-electron chi connectivity index (χ1n) is 6.39. The van der Waals surface area contributed by atoms with Crippen LogP contribution in [0.2, 0.25) is 0 Å². The van der Waals surface area contributed by atoms with Crippen molar-refractivity contribution >= 4 is 0 Å². The summed E-state index contributed by atoms with van der Waals surface area (Å²) >= 11 is 0. The molecule has 100 valence electrons. The molecule has 1 N–H and O–H groups in total. The quantitative estimate of drug-likeness (QED) is 0.894. The highest BCUT2D eigenvalue weighted by Crippen LogP contribution is 2.41. The van der Waals surface area contributed by atoms with E-state index in [4.69, 9.17) is 9.26 Å². The smallest absolute Gasteiger partial charge is 0.231 e. The Labute approximate surface area is 111 Å². The fraction of sp³-hybridized carbons (Fsp3) is 0.429. The first-order chi connectivity index (χ1) is 9.26. The Hall–Kier alpha value is -1.88. The van der Waals surface area contributed by atoms with Gasteiger partial charge >= 0.3 is 0 Å². The molecule has 19 heavy (non-hydrogen) atoms. The van der Waals surface area contributed by atoms with Crippen molar-refractivity contribution in [2.45, 2.75) is 25.4 Å². The summed E-state index contributed by atoms with van der Waals surface area (Å²) in [4.78, 5) is 4.40. The maximum absolute atomic E-state index is 9.23. The highest BCUT2D eigenvalue weighted by molar-refractivity contribution is 5.27. The monoisotopic (exact) mass is 260 g/mol. The van der Waals surface area contributed by atoms with Crippen molar-refractivity contribution in [2.24, 2.45) is 5.92 Å². The van der Waals surface area contributed by atoms with Crippen LogP contribution in [0.4, 0.5) is 0 Å². The zero-order valence-corrected chi connectivity index (χ0v) is 10.7. The van der Waals surface area contributed by atoms with Gasteiger partial charge in [-0.05, 0) is 36.5 Å². The maximum Gasteiger partial charge on any atom is 0.231 e. The molecule has 5 heteroatoms. The Morgan fingerprint density at radius 1 is 1.37 bits per heavy atom. The van der Waals surface area contributed by atoms with E-state index in [2.05, 4.69) is 10.1 Å². The Balaban J connectivity index is 1.72. The summed E-state index contributed by atoms with van der Waals surface area (Å²) in [6.07, 6.45) is 2.85. The van der Waals surface area contributed by atoms with Crippen LogP contribution in [0.15, 0.2) is 28.8 Å². The van der Waals surface area contributed by atoms with Crippen LogP contribution < -0.4 is 0 Å². The Bertz CT molecular complexity index is 546. The zero-order valence-electron chi connectivity index (χ0n) is 10.7. The van der Waals surface area contributed by atoms with Crippen LogP contribution in [0.3, 0.4) is 0 Å². The van der Waals surface area contributed by atoms with E-state index < -0.39 is 0 Å². The largest absolute Gasteiger partial charge is 0.508 e. The predicted octanol–water partition coefficient (Wildman–Crippen LogP) is 2.46. The van der Waals surface area contributed by atoms with Crippen molar-refractivity contribution in [2.75, 3.05) is 7.11 Å². The molecule has 2 aromatic rings.